The molecule has 1 fully saturated rings. The second-order valence-corrected chi connectivity index (χ2v) is 4.98. The van der Waals surface area contributed by atoms with Crippen molar-refractivity contribution in [3.05, 3.63) is 29.8 Å². The molecule has 3 heteroatoms. The molecule has 1 aromatic rings. The highest BCUT2D eigenvalue weighted by Crippen LogP contribution is 2.37. The zero-order chi connectivity index (χ0) is 11.8. The van der Waals surface area contributed by atoms with Crippen LogP contribution in [0.5, 0.6) is 0 Å². The second-order valence-electron chi connectivity index (χ2n) is 4.98. The highest BCUT2D eigenvalue weighted by molar-refractivity contribution is 5.97. The molecule has 17 heavy (non-hydrogen) atoms. The van der Waals surface area contributed by atoms with Crippen LogP contribution in [-0.4, -0.2) is 17.6 Å². The van der Waals surface area contributed by atoms with Gasteiger partial charge in [0.05, 0.1) is 6.10 Å². The van der Waals surface area contributed by atoms with Gasteiger partial charge in [0.2, 0.25) is 5.91 Å². The molecule has 0 spiro atoms. The van der Waals surface area contributed by atoms with Crippen molar-refractivity contribution in [2.75, 3.05) is 11.4 Å². The van der Waals surface area contributed by atoms with Crippen molar-refractivity contribution in [3.8, 4) is 0 Å². The summed E-state index contributed by atoms with van der Waals surface area (Å²) in [6.45, 7) is 0.739. The number of nitrogens with zero attached hydrogens (tertiary/aromatic N) is 1. The highest BCUT2D eigenvalue weighted by atomic mass is 16.3. The van der Waals surface area contributed by atoms with Crippen molar-refractivity contribution in [1.29, 1.82) is 0 Å². The molecule has 3 rings (SSSR count). The lowest BCUT2D eigenvalue weighted by Gasteiger charge is -2.23. The van der Waals surface area contributed by atoms with Crippen LogP contribution < -0.4 is 4.90 Å². The third kappa shape index (κ3) is 1.95. The van der Waals surface area contributed by atoms with Crippen molar-refractivity contribution in [2.45, 2.75) is 31.8 Å². The van der Waals surface area contributed by atoms with Gasteiger partial charge in [-0.05, 0) is 31.7 Å². The minimum Gasteiger partial charge on any atom is -0.388 e. The molecule has 1 heterocycles. The number of fused-ring (bicyclic) bond motifs is 1. The summed E-state index contributed by atoms with van der Waals surface area (Å²) in [6, 6.07) is 7.74. The topological polar surface area (TPSA) is 40.5 Å². The number of aliphatic hydroxyl groups is 1. The molecule has 1 aliphatic carbocycles. The molecule has 2 aliphatic rings. The van der Waals surface area contributed by atoms with Crippen molar-refractivity contribution >= 4 is 11.6 Å². The van der Waals surface area contributed by atoms with E-state index in [9.17, 15) is 9.90 Å². The number of para-hydroxylation sites is 1. The van der Waals surface area contributed by atoms with Crippen LogP contribution in [0.4, 0.5) is 5.69 Å². The number of anilines is 1. The molecular formula is C14H17NO2. The molecule has 0 saturated heterocycles. The van der Waals surface area contributed by atoms with Gasteiger partial charge in [-0.2, -0.15) is 0 Å². The molecular weight excluding hydrogens is 214 g/mol. The van der Waals surface area contributed by atoms with Gasteiger partial charge in [-0.15, -0.1) is 0 Å². The van der Waals surface area contributed by atoms with E-state index in [0.29, 0.717) is 0 Å². The summed E-state index contributed by atoms with van der Waals surface area (Å²) >= 11 is 0. The van der Waals surface area contributed by atoms with Gasteiger partial charge in [-0.1, -0.05) is 18.2 Å². The van der Waals surface area contributed by atoms with E-state index in [1.54, 1.807) is 0 Å². The Hall–Kier alpha value is -1.35. The molecule has 1 atom stereocenters. The van der Waals surface area contributed by atoms with Gasteiger partial charge in [0.25, 0.3) is 0 Å². The Morgan fingerprint density at radius 1 is 1.24 bits per heavy atom. The van der Waals surface area contributed by atoms with E-state index >= 15 is 0 Å². The largest absolute Gasteiger partial charge is 0.388 e. The van der Waals surface area contributed by atoms with E-state index < -0.39 is 6.10 Å². The standard InChI is InChI=1S/C14H17NO2/c16-13-6-3-9-15(14(17)10-7-8-10)12-5-2-1-4-11(12)13/h1-2,4-5,10,13,16H,3,6-9H2. The normalized spacial score (nSPS) is 24.1. The summed E-state index contributed by atoms with van der Waals surface area (Å²) < 4.78 is 0. The van der Waals surface area contributed by atoms with Gasteiger partial charge in [0.15, 0.2) is 0 Å². The average Bonchev–Trinajstić information content (AvgIpc) is 3.17. The summed E-state index contributed by atoms with van der Waals surface area (Å²) in [7, 11) is 0. The lowest BCUT2D eigenvalue weighted by atomic mass is 10.0. The van der Waals surface area contributed by atoms with Crippen LogP contribution >= 0.6 is 0 Å². The molecule has 1 amide bonds. The fourth-order valence-electron chi connectivity index (χ4n) is 2.51. The SMILES string of the molecule is O=C(C1CC1)N1CCCC(O)c2ccccc21. The first-order valence-electron chi connectivity index (χ1n) is 6.36. The van der Waals surface area contributed by atoms with E-state index in [0.717, 1.165) is 43.5 Å². The molecule has 1 unspecified atom stereocenters. The van der Waals surface area contributed by atoms with E-state index in [-0.39, 0.29) is 11.8 Å². The quantitative estimate of drug-likeness (QED) is 0.805. The van der Waals surface area contributed by atoms with Crippen LogP contribution in [-0.2, 0) is 4.79 Å². The number of hydrogen-bond donors (Lipinski definition) is 1. The van der Waals surface area contributed by atoms with E-state index in [1.807, 2.05) is 29.2 Å². The number of benzene rings is 1. The maximum absolute atomic E-state index is 12.2. The molecule has 1 saturated carbocycles. The molecule has 1 N–H and O–H groups in total. The predicted molar refractivity (Wildman–Crippen MR) is 65.7 cm³/mol. The van der Waals surface area contributed by atoms with Crippen molar-refractivity contribution in [1.82, 2.24) is 0 Å². The molecule has 0 radical (unpaired) electrons. The summed E-state index contributed by atoms with van der Waals surface area (Å²) in [5.41, 5.74) is 1.81. The maximum Gasteiger partial charge on any atom is 0.230 e. The summed E-state index contributed by atoms with van der Waals surface area (Å²) in [6.07, 6.45) is 3.24. The van der Waals surface area contributed by atoms with Crippen LogP contribution in [0.2, 0.25) is 0 Å². The smallest absolute Gasteiger partial charge is 0.230 e. The fourth-order valence-corrected chi connectivity index (χ4v) is 2.51. The van der Waals surface area contributed by atoms with E-state index in [4.69, 9.17) is 0 Å². The lowest BCUT2D eigenvalue weighted by molar-refractivity contribution is -0.119. The minimum atomic E-state index is -0.428. The summed E-state index contributed by atoms with van der Waals surface area (Å²) in [5, 5.41) is 10.1. The second kappa shape index (κ2) is 4.15. The fraction of sp³-hybridized carbons (Fsp3) is 0.500. The van der Waals surface area contributed by atoms with Gasteiger partial charge in [0, 0.05) is 23.7 Å². The Morgan fingerprint density at radius 3 is 2.76 bits per heavy atom. The van der Waals surface area contributed by atoms with E-state index in [1.165, 1.54) is 0 Å². The van der Waals surface area contributed by atoms with Gasteiger partial charge in [0.1, 0.15) is 0 Å². The van der Waals surface area contributed by atoms with Crippen LogP contribution in [0.25, 0.3) is 0 Å². The minimum absolute atomic E-state index is 0.235. The molecule has 1 aromatic carbocycles. The molecule has 0 bridgehead atoms. The maximum atomic E-state index is 12.2. The number of rotatable bonds is 1. The van der Waals surface area contributed by atoms with Gasteiger partial charge in [-0.25, -0.2) is 0 Å². The van der Waals surface area contributed by atoms with Crippen LogP contribution in [0.1, 0.15) is 37.4 Å². The zero-order valence-corrected chi connectivity index (χ0v) is 9.80. The highest BCUT2D eigenvalue weighted by Gasteiger charge is 2.35. The van der Waals surface area contributed by atoms with Gasteiger partial charge < -0.3 is 10.0 Å². The number of carbonyl (C=O) groups is 1. The van der Waals surface area contributed by atoms with Gasteiger partial charge >= 0.3 is 0 Å². The Morgan fingerprint density at radius 2 is 2.00 bits per heavy atom. The zero-order valence-electron chi connectivity index (χ0n) is 9.80. The summed E-state index contributed by atoms with van der Waals surface area (Å²) in [4.78, 5) is 14.1. The first kappa shape index (κ1) is 10.8. The average molecular weight is 231 g/mol. The first-order valence-corrected chi connectivity index (χ1v) is 6.36. The van der Waals surface area contributed by atoms with Crippen LogP contribution in [0, 0.1) is 5.92 Å². The van der Waals surface area contributed by atoms with Crippen molar-refractivity contribution in [2.24, 2.45) is 5.92 Å². The van der Waals surface area contributed by atoms with Gasteiger partial charge in [-0.3, -0.25) is 4.79 Å². The molecule has 1 aliphatic heterocycles. The Kier molecular flexibility index (Phi) is 2.63. The monoisotopic (exact) mass is 231 g/mol. The first-order chi connectivity index (χ1) is 8.27. The number of carbonyl (C=O) groups excluding carboxylic acids is 1. The van der Waals surface area contributed by atoms with Crippen molar-refractivity contribution in [3.63, 3.8) is 0 Å². The molecule has 90 valence electrons. The van der Waals surface area contributed by atoms with Crippen LogP contribution in [0.3, 0.4) is 0 Å². The lowest BCUT2D eigenvalue weighted by Crippen LogP contribution is -2.32. The van der Waals surface area contributed by atoms with E-state index in [2.05, 4.69) is 0 Å². The van der Waals surface area contributed by atoms with Crippen LogP contribution in [0.15, 0.2) is 24.3 Å². The molecule has 3 nitrogen and oxygen atoms in total. The third-order valence-electron chi connectivity index (χ3n) is 3.64. The Bertz CT molecular complexity index is 440. The summed E-state index contributed by atoms with van der Waals surface area (Å²) in [5.74, 6) is 0.477. The van der Waals surface area contributed by atoms with Crippen molar-refractivity contribution < 1.29 is 9.90 Å². The Labute approximate surface area is 101 Å². The molecule has 0 aromatic heterocycles. The number of amides is 1. The Balaban J connectivity index is 1.98. The number of aliphatic hydroxyl groups excluding tert-OH is 1. The number of hydrogen-bond acceptors (Lipinski definition) is 2. The third-order valence-corrected chi connectivity index (χ3v) is 3.64. The predicted octanol–water partition coefficient (Wildman–Crippen LogP) is 2.26.